The molecule has 0 unspecified atom stereocenters. The van der Waals surface area contributed by atoms with Crippen LogP contribution in [0.25, 0.3) is 0 Å². The number of anilines is 1. The molecule has 0 aliphatic carbocycles. The predicted molar refractivity (Wildman–Crippen MR) is 56.4 cm³/mol. The molecule has 2 rings (SSSR count). The van der Waals surface area contributed by atoms with Gasteiger partial charge in [-0.25, -0.2) is 0 Å². The van der Waals surface area contributed by atoms with E-state index in [1.165, 1.54) is 0 Å². The van der Waals surface area contributed by atoms with E-state index in [0.717, 1.165) is 11.3 Å². The van der Waals surface area contributed by atoms with E-state index in [0.29, 0.717) is 18.2 Å². The second-order valence-corrected chi connectivity index (χ2v) is 3.32. The molecule has 1 aromatic heterocycles. The zero-order valence-electron chi connectivity index (χ0n) is 8.43. The van der Waals surface area contributed by atoms with Crippen molar-refractivity contribution in [3.05, 3.63) is 41.7 Å². The lowest BCUT2D eigenvalue weighted by molar-refractivity contribution is 0.249. The quantitative estimate of drug-likeness (QED) is 0.832. The molecule has 0 bridgehead atoms. The molecule has 4 heteroatoms. The fourth-order valence-electron chi connectivity index (χ4n) is 1.26. The molecule has 0 fully saturated rings. The van der Waals surface area contributed by atoms with E-state index < -0.39 is 0 Å². The first kappa shape index (κ1) is 9.58. The van der Waals surface area contributed by atoms with Gasteiger partial charge < -0.3 is 15.0 Å². The lowest BCUT2D eigenvalue weighted by atomic mass is 10.2. The molecule has 0 atom stereocenters. The Balaban J connectivity index is 1.99. The van der Waals surface area contributed by atoms with Gasteiger partial charge in [-0.1, -0.05) is 17.3 Å². The average Bonchev–Trinajstić information content (AvgIpc) is 2.62. The van der Waals surface area contributed by atoms with Crippen molar-refractivity contribution < 1.29 is 9.26 Å². The highest BCUT2D eigenvalue weighted by molar-refractivity contribution is 5.29. The lowest BCUT2D eigenvalue weighted by Crippen LogP contribution is -1.93. The van der Waals surface area contributed by atoms with Gasteiger partial charge >= 0.3 is 0 Å². The summed E-state index contributed by atoms with van der Waals surface area (Å²) in [5.41, 5.74) is 6.57. The zero-order valence-corrected chi connectivity index (χ0v) is 8.43. The normalized spacial score (nSPS) is 10.2. The summed E-state index contributed by atoms with van der Waals surface area (Å²) >= 11 is 0. The largest absolute Gasteiger partial charge is 0.486 e. The van der Waals surface area contributed by atoms with Crippen LogP contribution >= 0.6 is 0 Å². The zero-order chi connectivity index (χ0) is 10.7. The van der Waals surface area contributed by atoms with Gasteiger partial charge in [-0.05, 0) is 24.6 Å². The van der Waals surface area contributed by atoms with Crippen LogP contribution in [0.2, 0.25) is 0 Å². The maximum atomic E-state index is 5.50. The number of aryl methyl sites for hydroxylation is 1. The molecule has 1 aromatic carbocycles. The minimum atomic E-state index is 0.341. The van der Waals surface area contributed by atoms with Crippen molar-refractivity contribution in [2.45, 2.75) is 13.5 Å². The van der Waals surface area contributed by atoms with Gasteiger partial charge in [0.05, 0.1) is 0 Å². The van der Waals surface area contributed by atoms with Gasteiger partial charge in [0.1, 0.15) is 12.4 Å². The van der Waals surface area contributed by atoms with Crippen LogP contribution < -0.4 is 10.5 Å². The van der Waals surface area contributed by atoms with Gasteiger partial charge in [-0.2, -0.15) is 0 Å². The average molecular weight is 204 g/mol. The summed E-state index contributed by atoms with van der Waals surface area (Å²) in [6.07, 6.45) is 0. The highest BCUT2D eigenvalue weighted by Crippen LogP contribution is 2.15. The number of rotatable bonds is 3. The number of nitrogens with two attached hydrogens (primary N) is 1. The molecular formula is C11H12N2O2. The number of nitrogen functional groups attached to an aromatic ring is 1. The van der Waals surface area contributed by atoms with Crippen molar-refractivity contribution in [3.63, 3.8) is 0 Å². The van der Waals surface area contributed by atoms with Gasteiger partial charge in [-0.15, -0.1) is 0 Å². The molecule has 0 amide bonds. The molecule has 0 saturated carbocycles. The molecule has 0 aliphatic heterocycles. The SMILES string of the molecule is Cc1cccc(OCc2cc(N)no2)c1. The summed E-state index contributed by atoms with van der Waals surface area (Å²) in [5, 5.41) is 3.57. The van der Waals surface area contributed by atoms with Crippen LogP contribution in [0.5, 0.6) is 5.75 Å². The van der Waals surface area contributed by atoms with Gasteiger partial charge in [0.15, 0.2) is 11.6 Å². The molecule has 15 heavy (non-hydrogen) atoms. The molecule has 0 saturated heterocycles. The summed E-state index contributed by atoms with van der Waals surface area (Å²) < 4.78 is 10.4. The van der Waals surface area contributed by atoms with E-state index in [1.807, 2.05) is 31.2 Å². The lowest BCUT2D eigenvalue weighted by Gasteiger charge is -2.03. The van der Waals surface area contributed by atoms with E-state index in [9.17, 15) is 0 Å². The fourth-order valence-corrected chi connectivity index (χ4v) is 1.26. The predicted octanol–water partition coefficient (Wildman–Crippen LogP) is 2.14. The Morgan fingerprint density at radius 1 is 1.40 bits per heavy atom. The van der Waals surface area contributed by atoms with Crippen LogP contribution in [0.3, 0.4) is 0 Å². The molecule has 0 spiro atoms. The third-order valence-electron chi connectivity index (χ3n) is 1.95. The molecule has 0 aliphatic rings. The molecular weight excluding hydrogens is 192 g/mol. The Morgan fingerprint density at radius 3 is 2.93 bits per heavy atom. The second kappa shape index (κ2) is 4.04. The molecule has 0 radical (unpaired) electrons. The van der Waals surface area contributed by atoms with Crippen LogP contribution in [0.4, 0.5) is 5.82 Å². The smallest absolute Gasteiger partial charge is 0.176 e. The third-order valence-corrected chi connectivity index (χ3v) is 1.95. The number of nitrogens with zero attached hydrogens (tertiary/aromatic N) is 1. The Kier molecular flexibility index (Phi) is 2.58. The Bertz CT molecular complexity index is 451. The molecule has 78 valence electrons. The summed E-state index contributed by atoms with van der Waals surface area (Å²) in [5.74, 6) is 1.80. The van der Waals surface area contributed by atoms with E-state index in [2.05, 4.69) is 5.16 Å². The van der Waals surface area contributed by atoms with Crippen molar-refractivity contribution >= 4 is 5.82 Å². The van der Waals surface area contributed by atoms with Crippen molar-refractivity contribution in [1.29, 1.82) is 0 Å². The first-order chi connectivity index (χ1) is 7.24. The van der Waals surface area contributed by atoms with Crippen LogP contribution in [0, 0.1) is 6.92 Å². The number of hydrogen-bond acceptors (Lipinski definition) is 4. The standard InChI is InChI=1S/C11H12N2O2/c1-8-3-2-4-9(5-8)14-7-10-6-11(12)13-15-10/h2-6H,7H2,1H3,(H2,12,13). The fraction of sp³-hybridized carbons (Fsp3) is 0.182. The maximum absolute atomic E-state index is 5.50. The maximum Gasteiger partial charge on any atom is 0.176 e. The minimum absolute atomic E-state index is 0.341. The summed E-state index contributed by atoms with van der Waals surface area (Å²) in [4.78, 5) is 0. The Hall–Kier alpha value is -1.97. The monoisotopic (exact) mass is 204 g/mol. The van der Waals surface area contributed by atoms with E-state index in [4.69, 9.17) is 15.0 Å². The van der Waals surface area contributed by atoms with Crippen molar-refractivity contribution in [2.75, 3.05) is 5.73 Å². The minimum Gasteiger partial charge on any atom is -0.486 e. The van der Waals surface area contributed by atoms with Crippen molar-refractivity contribution in [3.8, 4) is 5.75 Å². The van der Waals surface area contributed by atoms with E-state index >= 15 is 0 Å². The van der Waals surface area contributed by atoms with Gasteiger partial charge in [0, 0.05) is 6.07 Å². The molecule has 1 heterocycles. The molecule has 4 nitrogen and oxygen atoms in total. The second-order valence-electron chi connectivity index (χ2n) is 3.32. The number of aromatic nitrogens is 1. The summed E-state index contributed by atoms with van der Waals surface area (Å²) in [6.45, 7) is 2.35. The van der Waals surface area contributed by atoms with E-state index in [-0.39, 0.29) is 0 Å². The number of hydrogen-bond donors (Lipinski definition) is 1. The Morgan fingerprint density at radius 2 is 2.27 bits per heavy atom. The first-order valence-electron chi connectivity index (χ1n) is 4.64. The van der Waals surface area contributed by atoms with Gasteiger partial charge in [0.2, 0.25) is 0 Å². The first-order valence-corrected chi connectivity index (χ1v) is 4.64. The van der Waals surface area contributed by atoms with Gasteiger partial charge in [-0.3, -0.25) is 0 Å². The van der Waals surface area contributed by atoms with Crippen LogP contribution in [0.15, 0.2) is 34.9 Å². The number of ether oxygens (including phenoxy) is 1. The highest BCUT2D eigenvalue weighted by atomic mass is 16.5. The molecule has 2 N–H and O–H groups in total. The highest BCUT2D eigenvalue weighted by Gasteiger charge is 2.01. The summed E-state index contributed by atoms with van der Waals surface area (Å²) in [6, 6.07) is 9.46. The van der Waals surface area contributed by atoms with Crippen LogP contribution in [-0.4, -0.2) is 5.16 Å². The topological polar surface area (TPSA) is 61.3 Å². The number of benzene rings is 1. The third kappa shape index (κ3) is 2.49. The Labute approximate surface area is 87.6 Å². The van der Waals surface area contributed by atoms with E-state index in [1.54, 1.807) is 6.07 Å². The van der Waals surface area contributed by atoms with Gasteiger partial charge in [0.25, 0.3) is 0 Å². The van der Waals surface area contributed by atoms with Crippen LogP contribution in [0.1, 0.15) is 11.3 Å². The van der Waals surface area contributed by atoms with Crippen molar-refractivity contribution in [2.24, 2.45) is 0 Å². The van der Waals surface area contributed by atoms with Crippen LogP contribution in [-0.2, 0) is 6.61 Å². The molecule has 2 aromatic rings. The van der Waals surface area contributed by atoms with Crippen molar-refractivity contribution in [1.82, 2.24) is 5.16 Å². The summed E-state index contributed by atoms with van der Waals surface area (Å²) in [7, 11) is 0.